The minimum Gasteiger partial charge on any atom is -0.429 e. The van der Waals surface area contributed by atoms with Gasteiger partial charge in [0.15, 0.2) is 17.5 Å². The molecular weight excluding hydrogens is 540 g/mol. The summed E-state index contributed by atoms with van der Waals surface area (Å²) in [4.78, 5) is 0. The van der Waals surface area contributed by atoms with Gasteiger partial charge in [0, 0.05) is 28.7 Å². The molecule has 0 amide bonds. The van der Waals surface area contributed by atoms with Crippen molar-refractivity contribution in [3.8, 4) is 16.9 Å². The molecule has 1 saturated heterocycles. The average molecular weight is 562 g/mol. The molecule has 4 nitrogen and oxygen atoms in total. The molecule has 1 fully saturated rings. The van der Waals surface area contributed by atoms with Crippen LogP contribution in [0.25, 0.3) is 11.1 Å². The second-order valence-corrected chi connectivity index (χ2v) is 9.55. The Morgan fingerprint density at radius 2 is 1.41 bits per heavy atom. The fourth-order valence-electron chi connectivity index (χ4n) is 4.28. The van der Waals surface area contributed by atoms with Crippen molar-refractivity contribution in [2.75, 3.05) is 13.2 Å². The minimum absolute atomic E-state index is 0.0748. The Hall–Kier alpha value is -3.22. The van der Waals surface area contributed by atoms with Gasteiger partial charge in [-0.15, -0.1) is 0 Å². The van der Waals surface area contributed by atoms with E-state index in [-0.39, 0.29) is 36.3 Å². The van der Waals surface area contributed by atoms with Gasteiger partial charge in [0.1, 0.15) is 28.8 Å². The number of hydrogen-bond donors (Lipinski definition) is 1. The zero-order valence-corrected chi connectivity index (χ0v) is 20.6. The summed E-state index contributed by atoms with van der Waals surface area (Å²) in [7, 11) is 0. The predicted octanol–water partition coefficient (Wildman–Crippen LogP) is 7.27. The SMILES string of the molecule is CCCC1(C)COC(O)(c2ccc(-c3cc(F)c(C(F)(F)Oc4cc(F)c(F)c(F)c4)c(F)c3)c(F)c2)OC1. The van der Waals surface area contributed by atoms with Crippen LogP contribution in [0.1, 0.15) is 37.8 Å². The van der Waals surface area contributed by atoms with Crippen LogP contribution in [-0.2, 0) is 21.6 Å². The van der Waals surface area contributed by atoms with Gasteiger partial charge in [-0.2, -0.15) is 8.78 Å². The largest absolute Gasteiger partial charge is 0.432 e. The van der Waals surface area contributed by atoms with E-state index in [1.165, 1.54) is 6.07 Å². The van der Waals surface area contributed by atoms with E-state index in [1.54, 1.807) is 0 Å². The first-order chi connectivity index (χ1) is 18.2. The summed E-state index contributed by atoms with van der Waals surface area (Å²) in [6.07, 6.45) is -3.19. The van der Waals surface area contributed by atoms with Crippen LogP contribution in [0, 0.1) is 40.3 Å². The van der Waals surface area contributed by atoms with E-state index >= 15 is 0 Å². The van der Waals surface area contributed by atoms with Crippen LogP contribution in [0.4, 0.5) is 35.1 Å². The molecule has 1 aliphatic rings. The molecule has 1 heterocycles. The molecule has 12 heteroatoms. The second kappa shape index (κ2) is 10.4. The predicted molar refractivity (Wildman–Crippen MR) is 121 cm³/mol. The van der Waals surface area contributed by atoms with Crippen LogP contribution in [0.15, 0.2) is 42.5 Å². The summed E-state index contributed by atoms with van der Waals surface area (Å²) >= 11 is 0. The topological polar surface area (TPSA) is 47.9 Å². The smallest absolute Gasteiger partial charge is 0.429 e. The number of benzene rings is 3. The van der Waals surface area contributed by atoms with Crippen LogP contribution in [0.3, 0.4) is 0 Å². The zero-order chi connectivity index (χ0) is 28.8. The third kappa shape index (κ3) is 5.73. The van der Waals surface area contributed by atoms with Crippen molar-refractivity contribution in [2.45, 2.75) is 38.8 Å². The highest BCUT2D eigenvalue weighted by Gasteiger charge is 2.44. The Labute approximate surface area is 217 Å². The minimum atomic E-state index is -4.79. The molecule has 0 aromatic heterocycles. The van der Waals surface area contributed by atoms with Crippen molar-refractivity contribution in [3.05, 3.63) is 88.5 Å². The normalized spacial score (nSPS) is 21.7. The van der Waals surface area contributed by atoms with E-state index in [0.717, 1.165) is 25.0 Å². The lowest BCUT2D eigenvalue weighted by Crippen LogP contribution is -2.46. The summed E-state index contributed by atoms with van der Waals surface area (Å²) in [6.45, 7) is 4.11. The molecule has 0 saturated carbocycles. The van der Waals surface area contributed by atoms with Crippen molar-refractivity contribution in [1.29, 1.82) is 0 Å². The average Bonchev–Trinajstić information content (AvgIpc) is 2.84. The third-order valence-corrected chi connectivity index (χ3v) is 6.27. The standard InChI is InChI=1S/C27H22F8O4/c1-3-6-25(2)12-37-27(36,38-13-25)15-4-5-17(18(28)9-15)14-7-19(29)23(20(30)8-14)26(34,35)39-16-10-21(31)24(33)22(32)11-16/h4-5,7-11,36H,3,6,12-13H2,1-2H3. The summed E-state index contributed by atoms with van der Waals surface area (Å²) < 4.78 is 128. The van der Waals surface area contributed by atoms with Crippen molar-refractivity contribution in [3.63, 3.8) is 0 Å². The molecule has 1 aliphatic heterocycles. The molecule has 0 aliphatic carbocycles. The fraction of sp³-hybridized carbons (Fsp3) is 0.333. The molecule has 0 atom stereocenters. The Kier molecular flexibility index (Phi) is 7.67. The van der Waals surface area contributed by atoms with Crippen molar-refractivity contribution in [1.82, 2.24) is 0 Å². The van der Waals surface area contributed by atoms with Crippen LogP contribution in [0.5, 0.6) is 5.75 Å². The molecule has 0 bridgehead atoms. The number of alkyl halides is 2. The summed E-state index contributed by atoms with van der Waals surface area (Å²) in [5, 5.41) is 10.7. The summed E-state index contributed by atoms with van der Waals surface area (Å²) in [6, 6.07) is 3.99. The van der Waals surface area contributed by atoms with Crippen LogP contribution in [0.2, 0.25) is 0 Å². The highest BCUT2D eigenvalue weighted by molar-refractivity contribution is 5.65. The molecule has 0 radical (unpaired) electrons. The number of aliphatic hydroxyl groups is 1. The van der Waals surface area contributed by atoms with E-state index in [2.05, 4.69) is 4.74 Å². The third-order valence-electron chi connectivity index (χ3n) is 6.27. The van der Waals surface area contributed by atoms with Gasteiger partial charge in [0.2, 0.25) is 0 Å². The molecule has 0 unspecified atom stereocenters. The van der Waals surface area contributed by atoms with Gasteiger partial charge in [0.05, 0.1) is 13.2 Å². The molecule has 0 spiro atoms. The van der Waals surface area contributed by atoms with Crippen LogP contribution < -0.4 is 4.74 Å². The maximum atomic E-state index is 15.0. The molecule has 3 aromatic carbocycles. The van der Waals surface area contributed by atoms with Gasteiger partial charge in [0.25, 0.3) is 0 Å². The highest BCUT2D eigenvalue weighted by Crippen LogP contribution is 2.40. The van der Waals surface area contributed by atoms with E-state index in [4.69, 9.17) is 9.47 Å². The first kappa shape index (κ1) is 28.8. The van der Waals surface area contributed by atoms with Gasteiger partial charge in [-0.25, -0.2) is 26.3 Å². The Balaban J connectivity index is 1.60. The van der Waals surface area contributed by atoms with Crippen molar-refractivity contribution >= 4 is 0 Å². The summed E-state index contributed by atoms with van der Waals surface area (Å²) in [5.41, 5.74) is -3.33. The molecular formula is C27H22F8O4. The molecule has 210 valence electrons. The van der Waals surface area contributed by atoms with E-state index in [9.17, 15) is 40.2 Å². The number of halogens is 8. The second-order valence-electron chi connectivity index (χ2n) is 9.55. The summed E-state index contributed by atoms with van der Waals surface area (Å²) in [5.74, 6) is -14.0. The van der Waals surface area contributed by atoms with Crippen LogP contribution in [-0.4, -0.2) is 18.3 Å². The fourth-order valence-corrected chi connectivity index (χ4v) is 4.28. The van der Waals surface area contributed by atoms with E-state index in [1.807, 2.05) is 13.8 Å². The van der Waals surface area contributed by atoms with Crippen LogP contribution >= 0.6 is 0 Å². The lowest BCUT2D eigenvalue weighted by atomic mass is 9.86. The lowest BCUT2D eigenvalue weighted by Gasteiger charge is -2.41. The number of ether oxygens (including phenoxy) is 3. The van der Waals surface area contributed by atoms with E-state index < -0.39 is 69.4 Å². The maximum absolute atomic E-state index is 15.0. The van der Waals surface area contributed by atoms with Gasteiger partial charge in [-0.1, -0.05) is 32.4 Å². The molecule has 39 heavy (non-hydrogen) atoms. The molecule has 1 N–H and O–H groups in total. The Bertz CT molecular complexity index is 1340. The quantitative estimate of drug-likeness (QED) is 0.243. The number of hydrogen-bond acceptors (Lipinski definition) is 4. The Morgan fingerprint density at radius 3 is 1.92 bits per heavy atom. The lowest BCUT2D eigenvalue weighted by molar-refractivity contribution is -0.414. The van der Waals surface area contributed by atoms with Gasteiger partial charge in [-0.3, -0.25) is 0 Å². The highest BCUT2D eigenvalue weighted by atomic mass is 19.3. The van der Waals surface area contributed by atoms with Gasteiger partial charge in [-0.05, 0) is 30.2 Å². The maximum Gasteiger partial charge on any atom is 0.432 e. The first-order valence-corrected chi connectivity index (χ1v) is 11.7. The van der Waals surface area contributed by atoms with E-state index in [0.29, 0.717) is 12.1 Å². The van der Waals surface area contributed by atoms with Gasteiger partial charge >= 0.3 is 12.1 Å². The van der Waals surface area contributed by atoms with Crippen molar-refractivity contribution in [2.24, 2.45) is 5.41 Å². The Morgan fingerprint density at radius 1 is 0.846 bits per heavy atom. The van der Waals surface area contributed by atoms with Crippen molar-refractivity contribution < 1.29 is 54.4 Å². The molecule has 3 aromatic rings. The zero-order valence-electron chi connectivity index (χ0n) is 20.6. The number of rotatable bonds is 7. The first-order valence-electron chi connectivity index (χ1n) is 11.7. The van der Waals surface area contributed by atoms with Gasteiger partial charge < -0.3 is 19.3 Å². The monoisotopic (exact) mass is 562 g/mol. The molecule has 4 rings (SSSR count).